The van der Waals surface area contributed by atoms with Gasteiger partial charge in [-0.1, -0.05) is 31.1 Å². The molecule has 2 aromatic rings. The van der Waals surface area contributed by atoms with Gasteiger partial charge in [0.05, 0.1) is 5.54 Å². The molecule has 25 heavy (non-hydrogen) atoms. The number of nitrogens with zero attached hydrogens (tertiary/aromatic N) is 3. The molecule has 1 fully saturated rings. The van der Waals surface area contributed by atoms with E-state index < -0.39 is 5.54 Å². The molecule has 1 heterocycles. The molecule has 0 radical (unpaired) electrons. The van der Waals surface area contributed by atoms with Crippen LogP contribution in [0.1, 0.15) is 44.5 Å². The zero-order valence-electron chi connectivity index (χ0n) is 14.9. The molecule has 1 amide bonds. The summed E-state index contributed by atoms with van der Waals surface area (Å²) in [5, 5.41) is 4.04. The first-order chi connectivity index (χ1) is 11.4. The number of halogens is 1. The third kappa shape index (κ3) is 4.02. The van der Waals surface area contributed by atoms with E-state index in [0.29, 0.717) is 18.3 Å². The molecular formula is C18H25ClN4O2. The van der Waals surface area contributed by atoms with Crippen LogP contribution in [0, 0.1) is 5.92 Å². The van der Waals surface area contributed by atoms with E-state index in [4.69, 9.17) is 10.3 Å². The molecule has 6 nitrogen and oxygen atoms in total. The largest absolute Gasteiger partial charge is 0.341 e. The van der Waals surface area contributed by atoms with E-state index in [1.807, 2.05) is 45.2 Å². The lowest BCUT2D eigenvalue weighted by Crippen LogP contribution is -2.44. The van der Waals surface area contributed by atoms with Crippen LogP contribution in [0.25, 0.3) is 11.5 Å². The number of hydrogen-bond acceptors (Lipinski definition) is 5. The lowest BCUT2D eigenvalue weighted by molar-refractivity contribution is -0.133. The van der Waals surface area contributed by atoms with Crippen LogP contribution in [0.2, 0.25) is 0 Å². The second-order valence-electron chi connectivity index (χ2n) is 6.98. The summed E-state index contributed by atoms with van der Waals surface area (Å²) in [6, 6.07) is 7.82. The Bertz CT molecular complexity index is 723. The fourth-order valence-corrected chi connectivity index (χ4v) is 2.87. The van der Waals surface area contributed by atoms with Gasteiger partial charge < -0.3 is 15.2 Å². The van der Waals surface area contributed by atoms with Gasteiger partial charge in [-0.15, -0.1) is 12.4 Å². The summed E-state index contributed by atoms with van der Waals surface area (Å²) in [4.78, 5) is 18.1. The van der Waals surface area contributed by atoms with Crippen molar-refractivity contribution < 1.29 is 9.32 Å². The summed E-state index contributed by atoms with van der Waals surface area (Å²) in [6.07, 6.45) is 2.92. The monoisotopic (exact) mass is 364 g/mol. The van der Waals surface area contributed by atoms with E-state index >= 15 is 0 Å². The van der Waals surface area contributed by atoms with Crippen molar-refractivity contribution in [3.63, 3.8) is 0 Å². The van der Waals surface area contributed by atoms with Crippen LogP contribution in [0.5, 0.6) is 0 Å². The Morgan fingerprint density at radius 1 is 1.32 bits per heavy atom. The van der Waals surface area contributed by atoms with Crippen LogP contribution in [-0.2, 0) is 16.9 Å². The average molecular weight is 365 g/mol. The summed E-state index contributed by atoms with van der Waals surface area (Å²) in [5.74, 6) is 1.21. The molecular weight excluding hydrogens is 340 g/mol. The maximum absolute atomic E-state index is 11.9. The van der Waals surface area contributed by atoms with Gasteiger partial charge >= 0.3 is 0 Å². The highest BCUT2D eigenvalue weighted by Gasteiger charge is 2.39. The molecule has 7 heteroatoms. The van der Waals surface area contributed by atoms with E-state index in [2.05, 4.69) is 10.1 Å². The van der Waals surface area contributed by atoms with Crippen LogP contribution in [0.15, 0.2) is 28.8 Å². The van der Waals surface area contributed by atoms with Gasteiger partial charge in [0.2, 0.25) is 5.91 Å². The summed E-state index contributed by atoms with van der Waals surface area (Å²) >= 11 is 0. The van der Waals surface area contributed by atoms with Crippen LogP contribution in [0.3, 0.4) is 0 Å². The molecule has 0 unspecified atom stereocenters. The van der Waals surface area contributed by atoms with Crippen LogP contribution in [0.4, 0.5) is 0 Å². The third-order valence-corrected chi connectivity index (χ3v) is 4.61. The summed E-state index contributed by atoms with van der Waals surface area (Å²) in [5.41, 5.74) is 7.73. The molecule has 136 valence electrons. The second kappa shape index (κ2) is 7.54. The van der Waals surface area contributed by atoms with Crippen LogP contribution < -0.4 is 5.73 Å². The molecule has 3 rings (SSSR count). The van der Waals surface area contributed by atoms with Gasteiger partial charge in [-0.2, -0.15) is 4.98 Å². The van der Waals surface area contributed by atoms with Gasteiger partial charge in [-0.3, -0.25) is 4.79 Å². The zero-order chi connectivity index (χ0) is 17.3. The van der Waals surface area contributed by atoms with Crippen molar-refractivity contribution in [2.24, 2.45) is 11.7 Å². The highest BCUT2D eigenvalue weighted by molar-refractivity contribution is 5.85. The third-order valence-electron chi connectivity index (χ3n) is 4.61. The normalized spacial score (nSPS) is 15.4. The molecule has 2 N–H and O–H groups in total. The topological polar surface area (TPSA) is 85.2 Å². The molecule has 0 spiro atoms. The Hall–Kier alpha value is -1.92. The lowest BCUT2D eigenvalue weighted by atomic mass is 9.77. The molecule has 0 bridgehead atoms. The van der Waals surface area contributed by atoms with Crippen molar-refractivity contribution in [1.82, 2.24) is 15.0 Å². The van der Waals surface area contributed by atoms with E-state index in [9.17, 15) is 4.79 Å². The minimum Gasteiger partial charge on any atom is -0.341 e. The number of benzene rings is 1. The molecule has 0 atom stereocenters. The predicted octanol–water partition coefficient (Wildman–Crippen LogP) is 3.11. The van der Waals surface area contributed by atoms with Gasteiger partial charge in [0.1, 0.15) is 0 Å². The van der Waals surface area contributed by atoms with E-state index in [1.165, 1.54) is 0 Å². The van der Waals surface area contributed by atoms with Gasteiger partial charge in [0, 0.05) is 25.1 Å². The first-order valence-corrected chi connectivity index (χ1v) is 8.36. The number of carbonyl (C=O) groups is 1. The summed E-state index contributed by atoms with van der Waals surface area (Å²) < 4.78 is 5.36. The number of hydrogen-bond donors (Lipinski definition) is 1. The Morgan fingerprint density at radius 3 is 2.48 bits per heavy atom. The molecule has 1 aromatic heterocycles. The highest BCUT2D eigenvalue weighted by Crippen LogP contribution is 2.37. The van der Waals surface area contributed by atoms with Gasteiger partial charge in [-0.05, 0) is 37.0 Å². The quantitative estimate of drug-likeness (QED) is 0.880. The standard InChI is InChI=1S/C18H24N4O2.ClH/c1-12(2)16(23)22(3)11-13-5-7-14(8-6-13)15-20-17(21-24-15)18(19)9-4-10-18;/h5-8,12H,4,9-11,19H2,1-3H3;1H. The first-order valence-electron chi connectivity index (χ1n) is 8.36. The molecule has 1 aromatic carbocycles. The Morgan fingerprint density at radius 2 is 1.96 bits per heavy atom. The summed E-state index contributed by atoms with van der Waals surface area (Å²) in [6.45, 7) is 4.39. The fraction of sp³-hybridized carbons (Fsp3) is 0.500. The molecule has 0 aliphatic heterocycles. The predicted molar refractivity (Wildman–Crippen MR) is 98.0 cm³/mol. The Balaban J connectivity index is 0.00000225. The SMILES string of the molecule is CC(C)C(=O)N(C)Cc1ccc(-c2nc(C3(N)CCC3)no2)cc1.Cl. The van der Waals surface area contributed by atoms with E-state index in [-0.39, 0.29) is 24.2 Å². The summed E-state index contributed by atoms with van der Waals surface area (Å²) in [7, 11) is 1.82. The van der Waals surface area contributed by atoms with Crippen LogP contribution in [-0.4, -0.2) is 28.0 Å². The number of nitrogens with two attached hydrogens (primary N) is 1. The average Bonchev–Trinajstić information content (AvgIpc) is 3.02. The number of amides is 1. The van der Waals surface area contributed by atoms with Crippen molar-refractivity contribution in [1.29, 1.82) is 0 Å². The van der Waals surface area contributed by atoms with Crippen molar-refractivity contribution >= 4 is 18.3 Å². The maximum Gasteiger partial charge on any atom is 0.257 e. The number of aromatic nitrogens is 2. The molecule has 0 saturated heterocycles. The number of carbonyl (C=O) groups excluding carboxylic acids is 1. The molecule has 1 aliphatic rings. The van der Waals surface area contributed by atoms with Gasteiger partial charge in [0.25, 0.3) is 5.89 Å². The van der Waals surface area contributed by atoms with Gasteiger partial charge in [-0.25, -0.2) is 0 Å². The van der Waals surface area contributed by atoms with Crippen molar-refractivity contribution in [2.75, 3.05) is 7.05 Å². The fourth-order valence-electron chi connectivity index (χ4n) is 2.87. The Labute approximate surface area is 154 Å². The van der Waals surface area contributed by atoms with E-state index in [0.717, 1.165) is 30.4 Å². The van der Waals surface area contributed by atoms with Crippen LogP contribution >= 0.6 is 12.4 Å². The van der Waals surface area contributed by atoms with Crippen molar-refractivity contribution in [2.45, 2.75) is 45.2 Å². The van der Waals surface area contributed by atoms with Crippen molar-refractivity contribution in [3.8, 4) is 11.5 Å². The maximum atomic E-state index is 11.9. The zero-order valence-corrected chi connectivity index (χ0v) is 15.7. The first kappa shape index (κ1) is 19.4. The highest BCUT2D eigenvalue weighted by atomic mass is 35.5. The lowest BCUT2D eigenvalue weighted by Gasteiger charge is -2.34. The van der Waals surface area contributed by atoms with Crippen molar-refractivity contribution in [3.05, 3.63) is 35.7 Å². The van der Waals surface area contributed by atoms with E-state index in [1.54, 1.807) is 4.90 Å². The number of rotatable bonds is 5. The minimum atomic E-state index is -0.415. The molecule has 1 aliphatic carbocycles. The smallest absolute Gasteiger partial charge is 0.257 e. The van der Waals surface area contributed by atoms with Gasteiger partial charge in [0.15, 0.2) is 5.82 Å². The second-order valence-corrected chi connectivity index (χ2v) is 6.98. The Kier molecular flexibility index (Phi) is 5.85. The molecule has 1 saturated carbocycles. The minimum absolute atomic E-state index is 0.